The van der Waals surface area contributed by atoms with Gasteiger partial charge in [0.2, 0.25) is 0 Å². The SMILES string of the molecule is Nc1nc(-c2ccccc2)[n+](-c2ccc3c(c2)Cc2ccccc2-3)s1.[Cl-]. The maximum atomic E-state index is 6.02. The summed E-state index contributed by atoms with van der Waals surface area (Å²) in [5.74, 6) is 0.888. The van der Waals surface area contributed by atoms with Gasteiger partial charge in [0.25, 0.3) is 0 Å². The number of rotatable bonds is 2. The minimum absolute atomic E-state index is 0. The molecule has 0 atom stereocenters. The van der Waals surface area contributed by atoms with Crippen molar-refractivity contribution >= 4 is 16.7 Å². The molecule has 0 saturated carbocycles. The van der Waals surface area contributed by atoms with Gasteiger partial charge in [0.15, 0.2) is 0 Å². The Hall–Kier alpha value is -2.69. The zero-order chi connectivity index (χ0) is 16.8. The zero-order valence-corrected chi connectivity index (χ0v) is 15.5. The summed E-state index contributed by atoms with van der Waals surface area (Å²) in [6, 6.07) is 25.4. The largest absolute Gasteiger partial charge is 1.00 e. The van der Waals surface area contributed by atoms with Crippen molar-refractivity contribution in [2.24, 2.45) is 0 Å². The molecule has 4 aromatic rings. The van der Waals surface area contributed by atoms with Crippen molar-refractivity contribution < 1.29 is 16.4 Å². The summed E-state index contributed by atoms with van der Waals surface area (Å²) in [4.78, 5) is 4.55. The number of hydrogen-bond donors (Lipinski definition) is 1. The van der Waals surface area contributed by atoms with Gasteiger partial charge in [-0.05, 0) is 64.0 Å². The highest BCUT2D eigenvalue weighted by molar-refractivity contribution is 7.05. The van der Waals surface area contributed by atoms with E-state index in [0.717, 1.165) is 23.5 Å². The molecule has 5 rings (SSSR count). The predicted molar refractivity (Wildman–Crippen MR) is 102 cm³/mol. The molecule has 1 aliphatic carbocycles. The molecular formula is C21H16ClN3S. The molecule has 3 aromatic carbocycles. The predicted octanol–water partition coefficient (Wildman–Crippen LogP) is 1.24. The third-order valence-electron chi connectivity index (χ3n) is 4.64. The minimum atomic E-state index is 0. The fourth-order valence-corrected chi connectivity index (χ4v) is 4.27. The summed E-state index contributed by atoms with van der Waals surface area (Å²) in [5.41, 5.74) is 13.6. The summed E-state index contributed by atoms with van der Waals surface area (Å²) in [6.07, 6.45) is 0.981. The number of hydrogen-bond acceptors (Lipinski definition) is 3. The van der Waals surface area contributed by atoms with Crippen molar-refractivity contribution in [3.05, 3.63) is 83.9 Å². The molecule has 0 spiro atoms. The summed E-state index contributed by atoms with van der Waals surface area (Å²) in [6.45, 7) is 0. The van der Waals surface area contributed by atoms with Gasteiger partial charge in [-0.3, -0.25) is 0 Å². The maximum Gasteiger partial charge on any atom is 0.350 e. The van der Waals surface area contributed by atoms with Crippen molar-refractivity contribution in [1.82, 2.24) is 4.98 Å². The summed E-state index contributed by atoms with van der Waals surface area (Å²) in [7, 11) is 0. The Balaban J connectivity index is 0.00000168. The minimum Gasteiger partial charge on any atom is -1.00 e. The average Bonchev–Trinajstić information content (AvgIpc) is 3.22. The van der Waals surface area contributed by atoms with E-state index < -0.39 is 0 Å². The summed E-state index contributed by atoms with van der Waals surface area (Å²) in [5, 5.41) is 0.572. The Morgan fingerprint density at radius 1 is 0.846 bits per heavy atom. The fourth-order valence-electron chi connectivity index (χ4n) is 3.51. The molecule has 0 bridgehead atoms. The second-order valence-electron chi connectivity index (χ2n) is 6.20. The molecule has 2 N–H and O–H groups in total. The van der Waals surface area contributed by atoms with Gasteiger partial charge in [-0.15, -0.1) is 3.96 Å². The number of fused-ring (bicyclic) bond motifs is 3. The molecular weight excluding hydrogens is 362 g/mol. The van der Waals surface area contributed by atoms with Crippen LogP contribution >= 0.6 is 11.5 Å². The van der Waals surface area contributed by atoms with E-state index in [9.17, 15) is 0 Å². The Morgan fingerprint density at radius 3 is 2.42 bits per heavy atom. The van der Waals surface area contributed by atoms with E-state index in [1.165, 1.54) is 33.8 Å². The van der Waals surface area contributed by atoms with Gasteiger partial charge < -0.3 is 18.1 Å². The third-order valence-corrected chi connectivity index (χ3v) is 5.48. The van der Waals surface area contributed by atoms with Crippen LogP contribution in [-0.2, 0) is 6.42 Å². The number of benzene rings is 3. The fraction of sp³-hybridized carbons (Fsp3) is 0.0476. The molecule has 0 radical (unpaired) electrons. The average molecular weight is 378 g/mol. The van der Waals surface area contributed by atoms with Crippen LogP contribution in [0.1, 0.15) is 11.1 Å². The van der Waals surface area contributed by atoms with Crippen LogP contribution in [0.3, 0.4) is 0 Å². The third kappa shape index (κ3) is 2.68. The molecule has 1 heterocycles. The van der Waals surface area contributed by atoms with E-state index in [1.807, 2.05) is 18.2 Å². The molecule has 0 amide bonds. The Morgan fingerprint density at radius 2 is 1.58 bits per heavy atom. The van der Waals surface area contributed by atoms with Crippen LogP contribution in [0.5, 0.6) is 0 Å². The molecule has 26 heavy (non-hydrogen) atoms. The van der Waals surface area contributed by atoms with Crippen LogP contribution in [0.25, 0.3) is 28.2 Å². The highest BCUT2D eigenvalue weighted by Crippen LogP contribution is 2.37. The molecule has 1 aliphatic rings. The molecule has 0 unspecified atom stereocenters. The quantitative estimate of drug-likeness (QED) is 0.470. The van der Waals surface area contributed by atoms with Gasteiger partial charge in [-0.1, -0.05) is 42.5 Å². The standard InChI is InChI=1S/C21H15N3S.ClH/c22-21-23-20(14-6-2-1-3-7-14)24(25-21)17-10-11-19-16(13-17)12-15-8-4-5-9-18(15)19;/h1-11,13,22H,12H2;1H. The van der Waals surface area contributed by atoms with Crippen molar-refractivity contribution in [3.8, 4) is 28.2 Å². The normalized spacial score (nSPS) is 11.5. The first kappa shape index (κ1) is 16.8. The van der Waals surface area contributed by atoms with Gasteiger partial charge in [-0.2, -0.15) is 0 Å². The van der Waals surface area contributed by atoms with E-state index >= 15 is 0 Å². The first-order valence-electron chi connectivity index (χ1n) is 8.25. The van der Waals surface area contributed by atoms with Gasteiger partial charge in [0, 0.05) is 0 Å². The highest BCUT2D eigenvalue weighted by Gasteiger charge is 2.25. The number of nitrogens with zero attached hydrogens (tertiary/aromatic N) is 2. The van der Waals surface area contributed by atoms with Crippen LogP contribution in [0.4, 0.5) is 5.13 Å². The molecule has 0 saturated heterocycles. The monoisotopic (exact) mass is 377 g/mol. The number of halogens is 1. The maximum absolute atomic E-state index is 6.02. The van der Waals surface area contributed by atoms with Gasteiger partial charge in [0.1, 0.15) is 17.2 Å². The molecule has 1 aromatic heterocycles. The molecule has 0 fully saturated rings. The first-order valence-corrected chi connectivity index (χ1v) is 9.03. The Bertz CT molecular complexity index is 1090. The van der Waals surface area contributed by atoms with E-state index in [0.29, 0.717) is 5.13 Å². The van der Waals surface area contributed by atoms with Crippen molar-refractivity contribution in [1.29, 1.82) is 0 Å². The van der Waals surface area contributed by atoms with Crippen LogP contribution in [0.15, 0.2) is 72.8 Å². The van der Waals surface area contributed by atoms with E-state index in [2.05, 4.69) is 63.5 Å². The van der Waals surface area contributed by atoms with Gasteiger partial charge in [0.05, 0.1) is 5.56 Å². The molecule has 3 nitrogen and oxygen atoms in total. The lowest BCUT2D eigenvalue weighted by Gasteiger charge is -2.03. The highest BCUT2D eigenvalue weighted by atomic mass is 35.5. The van der Waals surface area contributed by atoms with Crippen LogP contribution in [0, 0.1) is 0 Å². The van der Waals surface area contributed by atoms with Crippen LogP contribution in [-0.4, -0.2) is 4.98 Å². The lowest BCUT2D eigenvalue weighted by molar-refractivity contribution is -0.509. The Labute approximate surface area is 162 Å². The molecule has 5 heteroatoms. The lowest BCUT2D eigenvalue weighted by Crippen LogP contribution is -3.00. The number of aromatic nitrogens is 2. The summed E-state index contributed by atoms with van der Waals surface area (Å²) < 4.78 is 2.12. The second kappa shape index (κ2) is 6.56. The van der Waals surface area contributed by atoms with Crippen molar-refractivity contribution in [3.63, 3.8) is 0 Å². The topological polar surface area (TPSA) is 42.8 Å². The molecule has 0 aliphatic heterocycles. The number of nitrogens with two attached hydrogens (primary N) is 1. The Kier molecular flexibility index (Phi) is 4.23. The molecule has 128 valence electrons. The van der Waals surface area contributed by atoms with Crippen molar-refractivity contribution in [2.75, 3.05) is 5.73 Å². The van der Waals surface area contributed by atoms with E-state index in [-0.39, 0.29) is 12.4 Å². The van der Waals surface area contributed by atoms with E-state index in [1.54, 1.807) is 0 Å². The van der Waals surface area contributed by atoms with Crippen LogP contribution < -0.4 is 22.1 Å². The first-order chi connectivity index (χ1) is 12.3. The number of nitrogen functional groups attached to an aromatic ring is 1. The smallest absolute Gasteiger partial charge is 0.350 e. The zero-order valence-electron chi connectivity index (χ0n) is 13.9. The second-order valence-corrected chi connectivity index (χ2v) is 7.17. The summed E-state index contributed by atoms with van der Waals surface area (Å²) >= 11 is 1.47. The lowest BCUT2D eigenvalue weighted by atomic mass is 10.1. The van der Waals surface area contributed by atoms with Gasteiger partial charge in [-0.25, -0.2) is 0 Å². The van der Waals surface area contributed by atoms with Crippen molar-refractivity contribution in [2.45, 2.75) is 6.42 Å². The van der Waals surface area contributed by atoms with Gasteiger partial charge >= 0.3 is 11.0 Å². The van der Waals surface area contributed by atoms with E-state index in [4.69, 9.17) is 5.73 Å². The van der Waals surface area contributed by atoms with Crippen LogP contribution in [0.2, 0.25) is 0 Å². The number of anilines is 1.